The number of rotatable bonds is 5. The minimum atomic E-state index is -1.17. The Labute approximate surface area is 124 Å². The van der Waals surface area contributed by atoms with Crippen LogP contribution in [-0.2, 0) is 4.79 Å². The third-order valence-electron chi connectivity index (χ3n) is 2.87. The third-order valence-corrected chi connectivity index (χ3v) is 2.87. The van der Waals surface area contributed by atoms with Crippen molar-refractivity contribution in [3.05, 3.63) is 23.8 Å². The molecule has 112 valence electrons. The largest absolute Gasteiger partial charge is 0.480 e. The molecule has 6 nitrogen and oxygen atoms in total. The van der Waals surface area contributed by atoms with Crippen LogP contribution in [0.15, 0.2) is 18.2 Å². The monoisotopic (exact) mass is 289 g/mol. The predicted octanol–water partition coefficient (Wildman–Crippen LogP) is 1.66. The lowest BCUT2D eigenvalue weighted by atomic mass is 10.1. The zero-order valence-corrected chi connectivity index (χ0v) is 12.3. The van der Waals surface area contributed by atoms with E-state index < -0.39 is 18.0 Å². The van der Waals surface area contributed by atoms with Gasteiger partial charge in [-0.2, -0.15) is 0 Å². The molecule has 1 aromatic carbocycles. The number of carboxylic acid groups (broad SMARTS) is 1. The number of nitrogens with one attached hydrogen (secondary N) is 2. The van der Waals surface area contributed by atoms with Crippen LogP contribution in [0.1, 0.15) is 12.0 Å². The van der Waals surface area contributed by atoms with Crippen LogP contribution in [0, 0.1) is 19.3 Å². The average molecular weight is 289 g/mol. The summed E-state index contributed by atoms with van der Waals surface area (Å²) in [6, 6.07) is 3.73. The number of carbonyl (C=O) groups excluding carboxylic acids is 1. The van der Waals surface area contributed by atoms with Crippen molar-refractivity contribution in [2.24, 2.45) is 0 Å². The molecule has 0 radical (unpaired) electrons. The van der Waals surface area contributed by atoms with E-state index in [9.17, 15) is 9.59 Å². The second-order valence-corrected chi connectivity index (χ2v) is 4.79. The zero-order valence-electron chi connectivity index (χ0n) is 12.3. The highest BCUT2D eigenvalue weighted by Crippen LogP contribution is 2.22. The standard InChI is InChI=1S/C15H19N3O3/c1-5-6-12(14(19)20)17-15(21)16-11-8-7-10(2)13(9-11)18(3)4/h1,7-9,12H,6H2,2-4H3,(H,19,20)(H2,16,17,21). The summed E-state index contributed by atoms with van der Waals surface area (Å²) in [5.41, 5.74) is 2.61. The van der Waals surface area contributed by atoms with Crippen LogP contribution >= 0.6 is 0 Å². The van der Waals surface area contributed by atoms with Crippen LogP contribution in [0.2, 0.25) is 0 Å². The van der Waals surface area contributed by atoms with Gasteiger partial charge in [0.25, 0.3) is 0 Å². The Morgan fingerprint density at radius 1 is 1.43 bits per heavy atom. The fraction of sp³-hybridized carbons (Fsp3) is 0.333. The van der Waals surface area contributed by atoms with Gasteiger partial charge in [0.05, 0.1) is 0 Å². The minimum Gasteiger partial charge on any atom is -0.480 e. The molecule has 1 unspecified atom stereocenters. The summed E-state index contributed by atoms with van der Waals surface area (Å²) in [6.07, 6.45) is 5.00. The topological polar surface area (TPSA) is 81.7 Å². The lowest BCUT2D eigenvalue weighted by Crippen LogP contribution is -2.42. The molecule has 0 aliphatic heterocycles. The van der Waals surface area contributed by atoms with Crippen molar-refractivity contribution in [3.8, 4) is 12.3 Å². The molecule has 1 rings (SSSR count). The van der Waals surface area contributed by atoms with Gasteiger partial charge >= 0.3 is 12.0 Å². The van der Waals surface area contributed by atoms with Crippen LogP contribution < -0.4 is 15.5 Å². The fourth-order valence-corrected chi connectivity index (χ4v) is 1.81. The number of hydrogen-bond donors (Lipinski definition) is 3. The summed E-state index contributed by atoms with van der Waals surface area (Å²) in [5, 5.41) is 13.9. The summed E-state index contributed by atoms with van der Waals surface area (Å²) in [5.74, 6) is 1.05. The number of nitrogens with zero attached hydrogens (tertiary/aromatic N) is 1. The Balaban J connectivity index is 2.77. The van der Waals surface area contributed by atoms with Gasteiger partial charge < -0.3 is 20.6 Å². The van der Waals surface area contributed by atoms with Crippen LogP contribution in [0.3, 0.4) is 0 Å². The van der Waals surface area contributed by atoms with Gasteiger partial charge in [0.2, 0.25) is 0 Å². The maximum absolute atomic E-state index is 11.8. The van der Waals surface area contributed by atoms with E-state index in [1.165, 1.54) is 0 Å². The molecule has 1 aromatic rings. The van der Waals surface area contributed by atoms with Gasteiger partial charge in [-0.25, -0.2) is 9.59 Å². The van der Waals surface area contributed by atoms with Gasteiger partial charge in [-0.3, -0.25) is 0 Å². The van der Waals surface area contributed by atoms with Crippen molar-refractivity contribution >= 4 is 23.4 Å². The van der Waals surface area contributed by atoms with Crippen molar-refractivity contribution in [2.75, 3.05) is 24.3 Å². The first-order valence-electron chi connectivity index (χ1n) is 6.37. The first-order valence-corrected chi connectivity index (χ1v) is 6.37. The molecule has 0 saturated heterocycles. The van der Waals surface area contributed by atoms with Crippen molar-refractivity contribution in [2.45, 2.75) is 19.4 Å². The maximum Gasteiger partial charge on any atom is 0.327 e. The maximum atomic E-state index is 11.8. The van der Waals surface area contributed by atoms with E-state index in [1.807, 2.05) is 38.1 Å². The summed E-state index contributed by atoms with van der Waals surface area (Å²) in [7, 11) is 3.80. The summed E-state index contributed by atoms with van der Waals surface area (Å²) >= 11 is 0. The van der Waals surface area contributed by atoms with E-state index in [0.29, 0.717) is 5.69 Å². The number of carboxylic acids is 1. The second-order valence-electron chi connectivity index (χ2n) is 4.79. The van der Waals surface area contributed by atoms with E-state index >= 15 is 0 Å². The minimum absolute atomic E-state index is 0.0698. The summed E-state index contributed by atoms with van der Waals surface area (Å²) in [6.45, 7) is 1.96. The number of hydrogen-bond acceptors (Lipinski definition) is 3. The van der Waals surface area contributed by atoms with Gasteiger partial charge in [-0.05, 0) is 24.6 Å². The Bertz CT molecular complexity index is 576. The number of anilines is 2. The van der Waals surface area contributed by atoms with E-state index in [-0.39, 0.29) is 6.42 Å². The third kappa shape index (κ3) is 4.73. The van der Waals surface area contributed by atoms with Crippen molar-refractivity contribution in [1.82, 2.24) is 5.32 Å². The molecule has 0 aliphatic rings. The Kier molecular flexibility index (Phi) is 5.61. The lowest BCUT2D eigenvalue weighted by Gasteiger charge is -2.18. The molecule has 0 aliphatic carbocycles. The quantitative estimate of drug-likeness (QED) is 0.720. The first-order chi connectivity index (χ1) is 9.85. The summed E-state index contributed by atoms with van der Waals surface area (Å²) < 4.78 is 0. The normalized spacial score (nSPS) is 11.1. The number of carbonyl (C=O) groups is 2. The van der Waals surface area contributed by atoms with Gasteiger partial charge in [0.15, 0.2) is 0 Å². The van der Waals surface area contributed by atoms with E-state index in [1.54, 1.807) is 6.07 Å². The van der Waals surface area contributed by atoms with Gasteiger partial charge in [0.1, 0.15) is 6.04 Å². The number of benzene rings is 1. The van der Waals surface area contributed by atoms with E-state index in [4.69, 9.17) is 11.5 Å². The number of terminal acetylenes is 1. The van der Waals surface area contributed by atoms with Crippen molar-refractivity contribution in [1.29, 1.82) is 0 Å². The van der Waals surface area contributed by atoms with Gasteiger partial charge in [-0.1, -0.05) is 6.07 Å². The highest BCUT2D eigenvalue weighted by molar-refractivity contribution is 5.92. The Morgan fingerprint density at radius 2 is 2.10 bits per heavy atom. The number of urea groups is 1. The smallest absolute Gasteiger partial charge is 0.327 e. The molecule has 2 amide bonds. The molecular formula is C15H19N3O3. The second kappa shape index (κ2) is 7.20. The number of aliphatic carboxylic acids is 1. The molecule has 0 aromatic heterocycles. The molecule has 0 saturated carbocycles. The first kappa shape index (κ1) is 16.4. The molecule has 3 N–H and O–H groups in total. The van der Waals surface area contributed by atoms with Crippen LogP contribution in [0.25, 0.3) is 0 Å². The highest BCUT2D eigenvalue weighted by atomic mass is 16.4. The summed E-state index contributed by atoms with van der Waals surface area (Å²) in [4.78, 5) is 24.6. The van der Waals surface area contributed by atoms with Gasteiger partial charge in [-0.15, -0.1) is 12.3 Å². The van der Waals surface area contributed by atoms with E-state index in [2.05, 4.69) is 16.6 Å². The molecular weight excluding hydrogens is 270 g/mol. The zero-order chi connectivity index (χ0) is 16.0. The van der Waals surface area contributed by atoms with Crippen LogP contribution in [-0.4, -0.2) is 37.2 Å². The Hall–Kier alpha value is -2.68. The molecule has 0 heterocycles. The fourth-order valence-electron chi connectivity index (χ4n) is 1.81. The van der Waals surface area contributed by atoms with Crippen molar-refractivity contribution < 1.29 is 14.7 Å². The molecule has 6 heteroatoms. The lowest BCUT2D eigenvalue weighted by molar-refractivity contribution is -0.139. The highest BCUT2D eigenvalue weighted by Gasteiger charge is 2.18. The number of amides is 2. The van der Waals surface area contributed by atoms with Crippen molar-refractivity contribution in [3.63, 3.8) is 0 Å². The molecule has 0 bridgehead atoms. The molecule has 1 atom stereocenters. The average Bonchev–Trinajstić information content (AvgIpc) is 2.40. The molecule has 21 heavy (non-hydrogen) atoms. The SMILES string of the molecule is C#CCC(NC(=O)Nc1ccc(C)c(N(C)C)c1)C(=O)O. The number of aryl methyl sites for hydroxylation is 1. The predicted molar refractivity (Wildman–Crippen MR) is 82.5 cm³/mol. The van der Waals surface area contributed by atoms with Crippen LogP contribution in [0.5, 0.6) is 0 Å². The molecule has 0 fully saturated rings. The molecule has 0 spiro atoms. The van der Waals surface area contributed by atoms with Crippen LogP contribution in [0.4, 0.5) is 16.2 Å². The van der Waals surface area contributed by atoms with Gasteiger partial charge in [0, 0.05) is 31.9 Å². The van der Waals surface area contributed by atoms with E-state index in [0.717, 1.165) is 11.3 Å². The Morgan fingerprint density at radius 3 is 2.62 bits per heavy atom.